The molecular weight excluding hydrogens is 414 g/mol. The highest BCUT2D eigenvalue weighted by molar-refractivity contribution is 6.00. The number of rotatable bonds is 4. The van der Waals surface area contributed by atoms with Crippen LogP contribution in [0, 0.1) is 6.92 Å². The number of fused-ring (bicyclic) bond motifs is 2. The van der Waals surface area contributed by atoms with E-state index in [9.17, 15) is 14.4 Å². The molecule has 1 fully saturated rings. The number of anilines is 1. The number of aromatic nitrogens is 1. The van der Waals surface area contributed by atoms with Crippen LogP contribution < -0.4 is 10.7 Å². The highest BCUT2D eigenvalue weighted by Gasteiger charge is 2.22. The third-order valence-corrected chi connectivity index (χ3v) is 6.41. The first-order chi connectivity index (χ1) is 16.0. The minimum Gasteiger partial charge on any atom is -0.339 e. The molecule has 0 unspecified atom stereocenters. The van der Waals surface area contributed by atoms with Crippen LogP contribution in [0.3, 0.4) is 0 Å². The van der Waals surface area contributed by atoms with Gasteiger partial charge in [0.2, 0.25) is 5.91 Å². The molecule has 4 aromatic rings. The van der Waals surface area contributed by atoms with E-state index >= 15 is 0 Å². The zero-order valence-corrected chi connectivity index (χ0v) is 18.5. The first kappa shape index (κ1) is 20.9. The summed E-state index contributed by atoms with van der Waals surface area (Å²) in [5.74, 6) is -0.207. The van der Waals surface area contributed by atoms with Gasteiger partial charge in [-0.05, 0) is 61.7 Å². The van der Waals surface area contributed by atoms with E-state index in [1.54, 1.807) is 18.2 Å². The lowest BCUT2D eigenvalue weighted by Crippen LogP contribution is -2.28. The van der Waals surface area contributed by atoms with Crippen molar-refractivity contribution in [2.75, 3.05) is 18.4 Å². The molecule has 1 aliphatic heterocycles. The van der Waals surface area contributed by atoms with Gasteiger partial charge in [-0.2, -0.15) is 0 Å². The van der Waals surface area contributed by atoms with Crippen LogP contribution in [0.4, 0.5) is 5.69 Å². The highest BCUT2D eigenvalue weighted by atomic mass is 16.2. The van der Waals surface area contributed by atoms with Crippen LogP contribution in [0.5, 0.6) is 0 Å². The molecule has 3 aromatic carbocycles. The monoisotopic (exact) mass is 439 g/mol. The van der Waals surface area contributed by atoms with Crippen LogP contribution in [0.1, 0.15) is 28.8 Å². The van der Waals surface area contributed by atoms with E-state index in [1.165, 1.54) is 0 Å². The maximum absolute atomic E-state index is 13.1. The summed E-state index contributed by atoms with van der Waals surface area (Å²) < 4.78 is 1.87. The van der Waals surface area contributed by atoms with Gasteiger partial charge >= 0.3 is 0 Å². The van der Waals surface area contributed by atoms with E-state index < -0.39 is 0 Å². The van der Waals surface area contributed by atoms with Crippen LogP contribution in [-0.4, -0.2) is 34.4 Å². The third kappa shape index (κ3) is 3.78. The molecule has 1 N–H and O–H groups in total. The molecule has 0 spiro atoms. The molecule has 33 heavy (non-hydrogen) atoms. The van der Waals surface area contributed by atoms with Crippen molar-refractivity contribution in [2.24, 2.45) is 0 Å². The van der Waals surface area contributed by atoms with E-state index in [-0.39, 0.29) is 23.8 Å². The second kappa shape index (κ2) is 8.54. The number of hydrogen-bond acceptors (Lipinski definition) is 3. The topological polar surface area (TPSA) is 71.4 Å². The minimum atomic E-state index is -0.220. The fourth-order valence-corrected chi connectivity index (χ4v) is 4.67. The lowest BCUT2D eigenvalue weighted by Gasteiger charge is -2.19. The van der Waals surface area contributed by atoms with Crippen LogP contribution in [0.15, 0.2) is 71.5 Å². The van der Waals surface area contributed by atoms with Crippen molar-refractivity contribution >= 4 is 39.3 Å². The van der Waals surface area contributed by atoms with Gasteiger partial charge in [-0.15, -0.1) is 0 Å². The molecule has 0 aliphatic carbocycles. The molecule has 1 aliphatic rings. The first-order valence-electron chi connectivity index (χ1n) is 11.2. The number of nitrogens with one attached hydrogen (secondary N) is 1. The van der Waals surface area contributed by atoms with Gasteiger partial charge in [0.05, 0.1) is 11.0 Å². The predicted octanol–water partition coefficient (Wildman–Crippen LogP) is 4.34. The Bertz CT molecular complexity index is 1390. The Balaban J connectivity index is 1.48. The number of carbonyl (C=O) groups is 2. The number of nitrogens with zero attached hydrogens (tertiary/aromatic N) is 2. The Hall–Kier alpha value is -3.93. The van der Waals surface area contributed by atoms with Crippen molar-refractivity contribution in [3.05, 3.63) is 88.1 Å². The van der Waals surface area contributed by atoms with Crippen LogP contribution >= 0.6 is 0 Å². The minimum absolute atomic E-state index is 0.0125. The number of likely N-dealkylation sites (tertiary alicyclic amines) is 1. The SMILES string of the molecule is Cc1c(NC(=O)Cn2c3ccccc3c(=O)c3ccccc32)cccc1C(=O)N1CCCC1. The summed E-state index contributed by atoms with van der Waals surface area (Å²) in [6.45, 7) is 3.47. The fraction of sp³-hybridized carbons (Fsp3) is 0.222. The second-order valence-electron chi connectivity index (χ2n) is 8.48. The molecule has 1 aromatic heterocycles. The predicted molar refractivity (Wildman–Crippen MR) is 131 cm³/mol. The van der Waals surface area contributed by atoms with E-state index in [2.05, 4.69) is 5.32 Å². The van der Waals surface area contributed by atoms with Crippen molar-refractivity contribution in [1.29, 1.82) is 0 Å². The van der Waals surface area contributed by atoms with Crippen molar-refractivity contribution in [1.82, 2.24) is 9.47 Å². The molecule has 0 radical (unpaired) electrons. The Kier molecular flexibility index (Phi) is 5.42. The molecule has 166 valence electrons. The Morgan fingerprint density at radius 1 is 0.848 bits per heavy atom. The van der Waals surface area contributed by atoms with E-state index in [1.807, 2.05) is 64.9 Å². The van der Waals surface area contributed by atoms with Crippen molar-refractivity contribution in [3.8, 4) is 0 Å². The number of carbonyl (C=O) groups excluding carboxylic acids is 2. The average molecular weight is 440 g/mol. The summed E-state index contributed by atoms with van der Waals surface area (Å²) in [4.78, 5) is 40.8. The zero-order chi connectivity index (χ0) is 22.9. The van der Waals surface area contributed by atoms with Crippen molar-refractivity contribution < 1.29 is 9.59 Å². The number of pyridine rings is 1. The summed E-state index contributed by atoms with van der Waals surface area (Å²) in [6, 6.07) is 20.1. The van der Waals surface area contributed by atoms with Crippen LogP contribution in [-0.2, 0) is 11.3 Å². The zero-order valence-electron chi connectivity index (χ0n) is 18.5. The molecular formula is C27H25N3O3. The normalized spacial score (nSPS) is 13.5. The summed E-state index contributed by atoms with van der Waals surface area (Å²) in [6.07, 6.45) is 2.06. The molecule has 6 heteroatoms. The lowest BCUT2D eigenvalue weighted by molar-refractivity contribution is -0.116. The van der Waals surface area contributed by atoms with Gasteiger partial charge in [0.25, 0.3) is 5.91 Å². The molecule has 0 atom stereocenters. The number of hydrogen-bond donors (Lipinski definition) is 1. The van der Waals surface area contributed by atoms with Crippen LogP contribution in [0.25, 0.3) is 21.8 Å². The van der Waals surface area contributed by atoms with Gasteiger partial charge in [-0.25, -0.2) is 0 Å². The maximum atomic E-state index is 13.1. The van der Waals surface area contributed by atoms with E-state index in [0.717, 1.165) is 31.5 Å². The summed E-state index contributed by atoms with van der Waals surface area (Å²) in [5, 5.41) is 4.14. The highest BCUT2D eigenvalue weighted by Crippen LogP contribution is 2.23. The van der Waals surface area contributed by atoms with Gasteiger partial charge in [0.1, 0.15) is 6.54 Å². The maximum Gasteiger partial charge on any atom is 0.254 e. The van der Waals surface area contributed by atoms with Gasteiger partial charge in [0.15, 0.2) is 5.43 Å². The second-order valence-corrected chi connectivity index (χ2v) is 8.48. The number of amides is 2. The average Bonchev–Trinajstić information content (AvgIpc) is 3.38. The van der Waals surface area contributed by atoms with Gasteiger partial charge in [-0.1, -0.05) is 30.3 Å². The molecule has 1 saturated heterocycles. The molecule has 2 heterocycles. The van der Waals surface area contributed by atoms with Gasteiger partial charge in [0, 0.05) is 35.1 Å². The summed E-state index contributed by atoms with van der Waals surface area (Å²) >= 11 is 0. The Morgan fingerprint density at radius 3 is 2.09 bits per heavy atom. The number of benzene rings is 3. The van der Waals surface area contributed by atoms with Crippen LogP contribution in [0.2, 0.25) is 0 Å². The molecule has 0 bridgehead atoms. The molecule has 6 nitrogen and oxygen atoms in total. The standard InChI is InChI=1S/C27H25N3O3/c1-18-19(27(33)29-15-6-7-16-29)11-8-12-22(18)28-25(31)17-30-23-13-4-2-9-20(23)26(32)21-10-3-5-14-24(21)30/h2-5,8-14H,6-7,15-17H2,1H3,(H,28,31). The third-order valence-electron chi connectivity index (χ3n) is 6.41. The lowest BCUT2D eigenvalue weighted by atomic mass is 10.1. The first-order valence-corrected chi connectivity index (χ1v) is 11.2. The molecule has 0 saturated carbocycles. The molecule has 2 amide bonds. The largest absolute Gasteiger partial charge is 0.339 e. The molecule has 5 rings (SSSR count). The van der Waals surface area contributed by atoms with Gasteiger partial charge < -0.3 is 14.8 Å². The van der Waals surface area contributed by atoms with E-state index in [0.29, 0.717) is 33.1 Å². The Morgan fingerprint density at radius 2 is 1.45 bits per heavy atom. The smallest absolute Gasteiger partial charge is 0.254 e. The van der Waals surface area contributed by atoms with Crippen molar-refractivity contribution in [2.45, 2.75) is 26.3 Å². The summed E-state index contributed by atoms with van der Waals surface area (Å²) in [5.41, 5.74) is 3.39. The quantitative estimate of drug-likeness (QED) is 0.481. The Labute approximate surface area is 191 Å². The van der Waals surface area contributed by atoms with Gasteiger partial charge in [-0.3, -0.25) is 14.4 Å². The van der Waals surface area contributed by atoms with E-state index in [4.69, 9.17) is 0 Å². The van der Waals surface area contributed by atoms with Crippen molar-refractivity contribution in [3.63, 3.8) is 0 Å². The fourth-order valence-electron chi connectivity index (χ4n) is 4.67. The summed E-state index contributed by atoms with van der Waals surface area (Å²) in [7, 11) is 0. The number of para-hydroxylation sites is 2.